The maximum atomic E-state index is 13.7. The van der Waals surface area contributed by atoms with Crippen molar-refractivity contribution in [3.05, 3.63) is 61.7 Å². The summed E-state index contributed by atoms with van der Waals surface area (Å²) in [6.07, 6.45) is 2.31. The SMILES string of the molecule is Cc1cc(C)c(CN2CCc3c(-c4cn(C5COC5)nn4)cc(OC(C)C)c(Cl)c3C2=O)c(=O)[nH]1. The van der Waals surface area contributed by atoms with Crippen molar-refractivity contribution in [3.8, 4) is 17.0 Å². The van der Waals surface area contributed by atoms with Crippen molar-refractivity contribution in [1.82, 2.24) is 24.9 Å². The van der Waals surface area contributed by atoms with Gasteiger partial charge in [-0.05, 0) is 57.4 Å². The number of amides is 1. The Morgan fingerprint density at radius 1 is 1.26 bits per heavy atom. The number of fused-ring (bicyclic) bond motifs is 1. The number of halogens is 1. The van der Waals surface area contributed by atoms with Crippen molar-refractivity contribution in [2.45, 2.75) is 52.8 Å². The number of aryl methyl sites for hydroxylation is 2. The summed E-state index contributed by atoms with van der Waals surface area (Å²) >= 11 is 6.77. The van der Waals surface area contributed by atoms with Gasteiger partial charge in [0.05, 0.1) is 42.6 Å². The van der Waals surface area contributed by atoms with Gasteiger partial charge in [-0.15, -0.1) is 5.10 Å². The molecule has 5 rings (SSSR count). The van der Waals surface area contributed by atoms with Gasteiger partial charge < -0.3 is 19.4 Å². The first-order chi connectivity index (χ1) is 16.7. The molecule has 1 N–H and O–H groups in total. The van der Waals surface area contributed by atoms with E-state index in [1.54, 1.807) is 9.58 Å². The summed E-state index contributed by atoms with van der Waals surface area (Å²) in [6.45, 7) is 9.41. The predicted molar refractivity (Wildman–Crippen MR) is 131 cm³/mol. The van der Waals surface area contributed by atoms with Crippen LogP contribution >= 0.6 is 11.6 Å². The first-order valence-corrected chi connectivity index (χ1v) is 12.1. The van der Waals surface area contributed by atoms with Crippen molar-refractivity contribution in [1.29, 1.82) is 0 Å². The molecule has 1 amide bonds. The molecule has 1 aromatic carbocycles. The van der Waals surface area contributed by atoms with E-state index < -0.39 is 0 Å². The van der Waals surface area contributed by atoms with Crippen molar-refractivity contribution in [3.63, 3.8) is 0 Å². The minimum absolute atomic E-state index is 0.134. The Labute approximate surface area is 208 Å². The van der Waals surface area contributed by atoms with Gasteiger partial charge in [-0.2, -0.15) is 0 Å². The molecule has 0 radical (unpaired) electrons. The molecule has 0 bridgehead atoms. The number of ether oxygens (including phenoxy) is 2. The average molecular weight is 498 g/mol. The van der Waals surface area contributed by atoms with Crippen LogP contribution in [-0.4, -0.2) is 56.6 Å². The summed E-state index contributed by atoms with van der Waals surface area (Å²) in [6, 6.07) is 3.93. The van der Waals surface area contributed by atoms with Crippen molar-refractivity contribution < 1.29 is 14.3 Å². The van der Waals surface area contributed by atoms with Crippen molar-refractivity contribution >= 4 is 17.5 Å². The van der Waals surface area contributed by atoms with Crippen LogP contribution in [0.4, 0.5) is 0 Å². The molecule has 0 saturated carbocycles. The van der Waals surface area contributed by atoms with Gasteiger partial charge >= 0.3 is 0 Å². The number of carbonyl (C=O) groups excluding carboxylic acids is 1. The summed E-state index contributed by atoms with van der Waals surface area (Å²) in [5, 5.41) is 8.93. The van der Waals surface area contributed by atoms with Gasteiger partial charge in [0.2, 0.25) is 0 Å². The number of aromatic nitrogens is 4. The zero-order chi connectivity index (χ0) is 24.9. The summed E-state index contributed by atoms with van der Waals surface area (Å²) in [7, 11) is 0. The van der Waals surface area contributed by atoms with E-state index in [2.05, 4.69) is 15.3 Å². The van der Waals surface area contributed by atoms with Crippen molar-refractivity contribution in [2.75, 3.05) is 19.8 Å². The van der Waals surface area contributed by atoms with Crippen LogP contribution < -0.4 is 10.3 Å². The van der Waals surface area contributed by atoms with E-state index in [0.717, 1.165) is 22.4 Å². The van der Waals surface area contributed by atoms with E-state index in [1.165, 1.54) is 0 Å². The summed E-state index contributed by atoms with van der Waals surface area (Å²) in [4.78, 5) is 30.8. The lowest BCUT2D eigenvalue weighted by Gasteiger charge is -2.31. The van der Waals surface area contributed by atoms with E-state index in [0.29, 0.717) is 48.7 Å². The average Bonchev–Trinajstić information content (AvgIpc) is 3.21. The minimum Gasteiger partial charge on any atom is -0.489 e. The molecule has 4 heterocycles. The second-order valence-corrected chi connectivity index (χ2v) is 9.83. The Morgan fingerprint density at radius 3 is 2.69 bits per heavy atom. The number of rotatable bonds is 6. The molecule has 2 aliphatic rings. The molecule has 9 nitrogen and oxygen atoms in total. The number of H-pyrrole nitrogens is 1. The molecule has 1 saturated heterocycles. The molecule has 0 atom stereocenters. The maximum Gasteiger partial charge on any atom is 0.256 e. The molecule has 2 aromatic heterocycles. The fourth-order valence-electron chi connectivity index (χ4n) is 4.60. The normalized spacial score (nSPS) is 15.9. The molecule has 1 fully saturated rings. The largest absolute Gasteiger partial charge is 0.489 e. The second-order valence-electron chi connectivity index (χ2n) is 9.45. The Kier molecular flexibility index (Phi) is 6.14. The standard InChI is InChI=1S/C25H28ClN5O4/c1-13(2)35-21-8-18(20-10-31(29-28-20)16-11-34-12-16)17-5-6-30(25(33)22(17)23(21)26)9-19-14(3)7-15(4)27-24(19)32/h7-8,10,13,16H,5-6,9,11-12H2,1-4H3,(H,27,32). The Hall–Kier alpha value is -3.17. The third-order valence-corrected chi connectivity index (χ3v) is 6.83. The van der Waals surface area contributed by atoms with Gasteiger partial charge in [-0.25, -0.2) is 4.68 Å². The van der Waals surface area contributed by atoms with Crippen LogP contribution in [0.15, 0.2) is 23.1 Å². The third-order valence-electron chi connectivity index (χ3n) is 6.46. The lowest BCUT2D eigenvalue weighted by atomic mass is 9.91. The Bertz CT molecular complexity index is 1360. The molecule has 2 aliphatic heterocycles. The van der Waals surface area contributed by atoms with Crippen LogP contribution in [-0.2, 0) is 17.7 Å². The minimum atomic E-state index is -0.231. The molecule has 184 valence electrons. The first kappa shape index (κ1) is 23.6. The monoisotopic (exact) mass is 497 g/mol. The van der Waals surface area contributed by atoms with Crippen LogP contribution in [0, 0.1) is 13.8 Å². The number of aromatic amines is 1. The molecular formula is C25H28ClN5O4. The molecule has 35 heavy (non-hydrogen) atoms. The number of hydrogen-bond donors (Lipinski definition) is 1. The van der Waals surface area contributed by atoms with Crippen LogP contribution in [0.2, 0.25) is 5.02 Å². The van der Waals surface area contributed by atoms with Crippen LogP contribution in [0.1, 0.15) is 52.6 Å². The summed E-state index contributed by atoms with van der Waals surface area (Å²) in [5.41, 5.74) is 4.69. The number of nitrogens with one attached hydrogen (secondary N) is 1. The molecular weight excluding hydrogens is 470 g/mol. The number of nitrogens with zero attached hydrogens (tertiary/aromatic N) is 4. The maximum absolute atomic E-state index is 13.7. The zero-order valence-electron chi connectivity index (χ0n) is 20.2. The molecule has 0 spiro atoms. The number of carbonyl (C=O) groups is 1. The van der Waals surface area contributed by atoms with E-state index >= 15 is 0 Å². The number of hydrogen-bond acceptors (Lipinski definition) is 6. The van der Waals surface area contributed by atoms with E-state index in [4.69, 9.17) is 21.1 Å². The Morgan fingerprint density at radius 2 is 2.03 bits per heavy atom. The highest BCUT2D eigenvalue weighted by atomic mass is 35.5. The molecule has 10 heteroatoms. The quantitative estimate of drug-likeness (QED) is 0.559. The number of benzene rings is 1. The molecule has 3 aromatic rings. The fourth-order valence-corrected chi connectivity index (χ4v) is 4.90. The summed E-state index contributed by atoms with van der Waals surface area (Å²) < 4.78 is 13.0. The highest BCUT2D eigenvalue weighted by molar-refractivity contribution is 6.35. The topological polar surface area (TPSA) is 102 Å². The number of pyridine rings is 1. The van der Waals surface area contributed by atoms with E-state index in [-0.39, 0.29) is 35.2 Å². The predicted octanol–water partition coefficient (Wildman–Crippen LogP) is 3.46. The third kappa shape index (κ3) is 4.34. The zero-order valence-corrected chi connectivity index (χ0v) is 21.0. The lowest BCUT2D eigenvalue weighted by Crippen LogP contribution is -2.39. The second kappa shape index (κ2) is 9.13. The van der Waals surface area contributed by atoms with Crippen LogP contribution in [0.25, 0.3) is 11.3 Å². The molecule has 0 aliphatic carbocycles. The van der Waals surface area contributed by atoms with Gasteiger partial charge in [0.25, 0.3) is 11.5 Å². The fraction of sp³-hybridized carbons (Fsp3) is 0.440. The van der Waals surface area contributed by atoms with Crippen molar-refractivity contribution in [2.24, 2.45) is 0 Å². The van der Waals surface area contributed by atoms with E-state index in [9.17, 15) is 9.59 Å². The first-order valence-electron chi connectivity index (χ1n) is 11.7. The highest BCUT2D eigenvalue weighted by Gasteiger charge is 2.33. The van der Waals surface area contributed by atoms with Gasteiger partial charge in [-0.3, -0.25) is 9.59 Å². The highest BCUT2D eigenvalue weighted by Crippen LogP contribution is 2.41. The van der Waals surface area contributed by atoms with Gasteiger partial charge in [0, 0.05) is 23.4 Å². The van der Waals surface area contributed by atoms with Gasteiger partial charge in [0.15, 0.2) is 0 Å². The lowest BCUT2D eigenvalue weighted by molar-refractivity contribution is -0.0293. The Balaban J connectivity index is 1.56. The molecule has 0 unspecified atom stereocenters. The van der Waals surface area contributed by atoms with Gasteiger partial charge in [-0.1, -0.05) is 16.8 Å². The van der Waals surface area contributed by atoms with Crippen LogP contribution in [0.3, 0.4) is 0 Å². The van der Waals surface area contributed by atoms with Gasteiger partial charge in [0.1, 0.15) is 17.5 Å². The van der Waals surface area contributed by atoms with Crippen LogP contribution in [0.5, 0.6) is 5.75 Å². The summed E-state index contributed by atoms with van der Waals surface area (Å²) in [5.74, 6) is 0.197. The smallest absolute Gasteiger partial charge is 0.256 e. The van der Waals surface area contributed by atoms with E-state index in [1.807, 2.05) is 46.0 Å².